The van der Waals surface area contributed by atoms with Crippen molar-refractivity contribution in [3.05, 3.63) is 27.9 Å². The highest BCUT2D eigenvalue weighted by molar-refractivity contribution is 5.57. The van der Waals surface area contributed by atoms with Gasteiger partial charge in [-0.25, -0.2) is 4.98 Å². The van der Waals surface area contributed by atoms with E-state index in [0.29, 0.717) is 11.9 Å². The number of nitrogens with one attached hydrogen (secondary N) is 1. The number of anilines is 1. The normalized spacial score (nSPS) is 14.6. The van der Waals surface area contributed by atoms with E-state index in [2.05, 4.69) is 17.2 Å². The first-order valence-corrected chi connectivity index (χ1v) is 6.11. The van der Waals surface area contributed by atoms with Crippen LogP contribution in [0.1, 0.15) is 38.3 Å². The maximum Gasteiger partial charge on any atom is 0.311 e. The molecule has 1 heterocycles. The van der Waals surface area contributed by atoms with E-state index in [-0.39, 0.29) is 10.6 Å². The number of hydrogen-bond donors (Lipinski definition) is 1. The molecule has 0 unspecified atom stereocenters. The van der Waals surface area contributed by atoms with E-state index < -0.39 is 0 Å². The number of hydrogen-bond acceptors (Lipinski definition) is 4. The highest BCUT2D eigenvalue weighted by atomic mass is 16.6. The van der Waals surface area contributed by atoms with Gasteiger partial charge in [-0.15, -0.1) is 0 Å². The zero-order valence-electron chi connectivity index (χ0n) is 9.98. The SMILES string of the molecule is CCCCc1ccc([N+](=O)[O-])c(NC2CC2)n1. The van der Waals surface area contributed by atoms with Gasteiger partial charge in [0.15, 0.2) is 0 Å². The molecule has 0 saturated heterocycles. The largest absolute Gasteiger partial charge is 0.362 e. The summed E-state index contributed by atoms with van der Waals surface area (Å²) in [4.78, 5) is 14.9. The van der Waals surface area contributed by atoms with E-state index in [1.807, 2.05) is 0 Å². The van der Waals surface area contributed by atoms with Crippen molar-refractivity contribution >= 4 is 11.5 Å². The molecule has 0 aromatic carbocycles. The minimum absolute atomic E-state index is 0.0807. The van der Waals surface area contributed by atoms with Crippen molar-refractivity contribution in [2.24, 2.45) is 0 Å². The molecule has 1 fully saturated rings. The monoisotopic (exact) mass is 235 g/mol. The van der Waals surface area contributed by atoms with Crippen LogP contribution in [0, 0.1) is 10.1 Å². The lowest BCUT2D eigenvalue weighted by Crippen LogP contribution is -2.07. The molecule has 1 saturated carbocycles. The second kappa shape index (κ2) is 5.12. The van der Waals surface area contributed by atoms with Crippen molar-refractivity contribution in [3.63, 3.8) is 0 Å². The first-order chi connectivity index (χ1) is 8.20. The van der Waals surface area contributed by atoms with Gasteiger partial charge in [0, 0.05) is 17.8 Å². The van der Waals surface area contributed by atoms with Gasteiger partial charge in [0.25, 0.3) is 0 Å². The predicted octanol–water partition coefficient (Wildman–Crippen LogP) is 2.91. The Morgan fingerprint density at radius 3 is 2.88 bits per heavy atom. The van der Waals surface area contributed by atoms with Gasteiger partial charge in [0.1, 0.15) is 0 Å². The third-order valence-corrected chi connectivity index (χ3v) is 2.83. The summed E-state index contributed by atoms with van der Waals surface area (Å²) in [6.45, 7) is 2.12. The van der Waals surface area contributed by atoms with Crippen LogP contribution in [0.5, 0.6) is 0 Å². The van der Waals surface area contributed by atoms with Gasteiger partial charge >= 0.3 is 5.69 Å². The number of aromatic nitrogens is 1. The fourth-order valence-electron chi connectivity index (χ4n) is 1.66. The molecule has 1 aromatic rings. The van der Waals surface area contributed by atoms with Crippen LogP contribution in [-0.2, 0) is 6.42 Å². The highest BCUT2D eigenvalue weighted by Gasteiger charge is 2.25. The summed E-state index contributed by atoms with van der Waals surface area (Å²) in [6.07, 6.45) is 5.21. The molecule has 1 aromatic heterocycles. The zero-order chi connectivity index (χ0) is 12.3. The average Bonchev–Trinajstić information content (AvgIpc) is 3.10. The molecule has 0 bridgehead atoms. The summed E-state index contributed by atoms with van der Waals surface area (Å²) in [6, 6.07) is 3.69. The van der Waals surface area contributed by atoms with Gasteiger partial charge in [0.05, 0.1) is 4.92 Å². The number of pyridine rings is 1. The minimum atomic E-state index is -0.374. The van der Waals surface area contributed by atoms with E-state index in [1.165, 1.54) is 0 Å². The predicted molar refractivity (Wildman–Crippen MR) is 66.1 cm³/mol. The van der Waals surface area contributed by atoms with Crippen LogP contribution in [-0.4, -0.2) is 15.9 Å². The van der Waals surface area contributed by atoms with Crippen LogP contribution >= 0.6 is 0 Å². The Balaban J connectivity index is 2.18. The molecule has 17 heavy (non-hydrogen) atoms. The molecular formula is C12H17N3O2. The van der Waals surface area contributed by atoms with Crippen LogP contribution in [0.2, 0.25) is 0 Å². The number of nitro groups is 1. The van der Waals surface area contributed by atoms with Gasteiger partial charge in [-0.3, -0.25) is 10.1 Å². The summed E-state index contributed by atoms with van der Waals surface area (Å²) in [5.74, 6) is 0.436. The molecule has 2 rings (SSSR count). The number of aryl methyl sites for hydroxylation is 1. The topological polar surface area (TPSA) is 68.1 Å². The van der Waals surface area contributed by atoms with Crippen molar-refractivity contribution < 1.29 is 4.92 Å². The van der Waals surface area contributed by atoms with Crippen LogP contribution < -0.4 is 5.32 Å². The molecule has 5 nitrogen and oxygen atoms in total. The molecule has 5 heteroatoms. The van der Waals surface area contributed by atoms with Crippen molar-refractivity contribution in [1.82, 2.24) is 4.98 Å². The highest BCUT2D eigenvalue weighted by Crippen LogP contribution is 2.29. The number of nitrogens with zero attached hydrogens (tertiary/aromatic N) is 2. The summed E-state index contributed by atoms with van der Waals surface area (Å²) in [5.41, 5.74) is 1.01. The molecular weight excluding hydrogens is 218 g/mol. The number of rotatable bonds is 6. The number of unbranched alkanes of at least 4 members (excludes halogenated alkanes) is 1. The Bertz CT molecular complexity index is 416. The van der Waals surface area contributed by atoms with Gasteiger partial charge in [-0.05, 0) is 31.7 Å². The molecule has 0 spiro atoms. The third-order valence-electron chi connectivity index (χ3n) is 2.83. The van der Waals surface area contributed by atoms with Crippen molar-refractivity contribution in [1.29, 1.82) is 0 Å². The van der Waals surface area contributed by atoms with E-state index >= 15 is 0 Å². The lowest BCUT2D eigenvalue weighted by atomic mass is 10.2. The first-order valence-electron chi connectivity index (χ1n) is 6.11. The molecule has 92 valence electrons. The van der Waals surface area contributed by atoms with Crippen LogP contribution in [0.4, 0.5) is 11.5 Å². The second-order valence-electron chi connectivity index (χ2n) is 4.45. The molecule has 0 aliphatic heterocycles. The Morgan fingerprint density at radius 2 is 2.29 bits per heavy atom. The van der Waals surface area contributed by atoms with Crippen molar-refractivity contribution in [2.75, 3.05) is 5.32 Å². The fourth-order valence-corrected chi connectivity index (χ4v) is 1.66. The van der Waals surface area contributed by atoms with Crippen molar-refractivity contribution in [3.8, 4) is 0 Å². The van der Waals surface area contributed by atoms with Crippen molar-refractivity contribution in [2.45, 2.75) is 45.1 Å². The molecule has 0 radical (unpaired) electrons. The molecule has 0 atom stereocenters. The van der Waals surface area contributed by atoms with Crippen LogP contribution in [0.25, 0.3) is 0 Å². The molecule has 1 aliphatic carbocycles. The molecule has 1 N–H and O–H groups in total. The summed E-state index contributed by atoms with van der Waals surface area (Å²) >= 11 is 0. The van der Waals surface area contributed by atoms with Gasteiger partial charge in [0.2, 0.25) is 5.82 Å². The quantitative estimate of drug-likeness (QED) is 0.608. The molecule has 0 amide bonds. The van der Waals surface area contributed by atoms with Gasteiger partial charge in [-0.2, -0.15) is 0 Å². The first kappa shape index (κ1) is 11.8. The lowest BCUT2D eigenvalue weighted by molar-refractivity contribution is -0.384. The van der Waals surface area contributed by atoms with Crippen LogP contribution in [0.15, 0.2) is 12.1 Å². The third kappa shape index (κ3) is 3.15. The Hall–Kier alpha value is -1.65. The zero-order valence-corrected chi connectivity index (χ0v) is 9.98. The Kier molecular flexibility index (Phi) is 3.56. The smallest absolute Gasteiger partial charge is 0.311 e. The standard InChI is InChI=1S/C12H17N3O2/c1-2-3-4-9-7-8-11(15(16)17)12(13-9)14-10-5-6-10/h7-8,10H,2-6H2,1H3,(H,13,14). The fraction of sp³-hybridized carbons (Fsp3) is 0.583. The Labute approximate surface area is 100 Å². The maximum atomic E-state index is 10.9. The van der Waals surface area contributed by atoms with Gasteiger partial charge in [-0.1, -0.05) is 13.3 Å². The summed E-state index contributed by atoms with van der Waals surface area (Å²) in [5, 5.41) is 14.0. The second-order valence-corrected chi connectivity index (χ2v) is 4.45. The van der Waals surface area contributed by atoms with E-state index in [4.69, 9.17) is 0 Å². The lowest BCUT2D eigenvalue weighted by Gasteiger charge is -2.06. The van der Waals surface area contributed by atoms with E-state index in [9.17, 15) is 10.1 Å². The maximum absolute atomic E-state index is 10.9. The summed E-state index contributed by atoms with van der Waals surface area (Å²) in [7, 11) is 0. The van der Waals surface area contributed by atoms with E-state index in [1.54, 1.807) is 12.1 Å². The van der Waals surface area contributed by atoms with E-state index in [0.717, 1.165) is 37.8 Å². The minimum Gasteiger partial charge on any atom is -0.362 e. The molecule has 1 aliphatic rings. The average molecular weight is 235 g/mol. The van der Waals surface area contributed by atoms with Crippen LogP contribution in [0.3, 0.4) is 0 Å². The Morgan fingerprint density at radius 1 is 1.53 bits per heavy atom. The van der Waals surface area contributed by atoms with Gasteiger partial charge < -0.3 is 5.32 Å². The summed E-state index contributed by atoms with van der Waals surface area (Å²) < 4.78 is 0.